The summed E-state index contributed by atoms with van der Waals surface area (Å²) in [6, 6.07) is 6.78. The van der Waals surface area contributed by atoms with Crippen molar-refractivity contribution in [3.05, 3.63) is 29.8 Å². The van der Waals surface area contributed by atoms with Gasteiger partial charge in [0, 0.05) is 17.3 Å². The zero-order chi connectivity index (χ0) is 16.4. The van der Waals surface area contributed by atoms with Crippen molar-refractivity contribution in [3.8, 4) is 0 Å². The number of hydrogen-bond acceptors (Lipinski definition) is 3. The average Bonchev–Trinajstić information content (AvgIpc) is 3.21. The van der Waals surface area contributed by atoms with Crippen LogP contribution in [-0.4, -0.2) is 28.9 Å². The minimum absolute atomic E-state index is 0.112. The highest BCUT2D eigenvalue weighted by molar-refractivity contribution is 6.10. The normalized spacial score (nSPS) is 19.1. The van der Waals surface area contributed by atoms with Crippen LogP contribution in [0, 0.1) is 5.41 Å². The van der Waals surface area contributed by atoms with E-state index in [1.54, 1.807) is 24.3 Å². The number of nitrogens with one attached hydrogen (secondary N) is 2. The molecule has 3 rings (SSSR count). The molecule has 2 saturated carbocycles. The van der Waals surface area contributed by atoms with Crippen molar-refractivity contribution < 1.29 is 19.5 Å². The van der Waals surface area contributed by atoms with Crippen molar-refractivity contribution in [1.29, 1.82) is 0 Å². The molecule has 2 aliphatic carbocycles. The number of rotatable bonds is 5. The molecule has 2 amide bonds. The molecule has 0 radical (unpaired) electrons. The third-order valence-electron chi connectivity index (χ3n) is 4.69. The lowest BCUT2D eigenvalue weighted by Crippen LogP contribution is -2.32. The number of aliphatic carboxylic acids is 1. The summed E-state index contributed by atoms with van der Waals surface area (Å²) in [5.74, 6) is -1.69. The molecule has 2 aliphatic rings. The quantitative estimate of drug-likeness (QED) is 0.725. The molecule has 0 aliphatic heterocycles. The first kappa shape index (κ1) is 15.5. The molecule has 1 aromatic carbocycles. The first-order valence-corrected chi connectivity index (χ1v) is 7.97. The van der Waals surface area contributed by atoms with Crippen molar-refractivity contribution in [2.24, 2.45) is 5.41 Å². The SMILES string of the molecule is O=C(NC1CCCC1)c1ccc(NC(=O)C2(C(=O)O)CC2)cc1. The lowest BCUT2D eigenvalue weighted by molar-refractivity contribution is -0.147. The van der Waals surface area contributed by atoms with Crippen molar-refractivity contribution in [3.63, 3.8) is 0 Å². The second-order valence-corrected chi connectivity index (χ2v) is 6.37. The molecule has 0 aromatic heterocycles. The van der Waals surface area contributed by atoms with E-state index in [1.807, 2.05) is 0 Å². The second kappa shape index (κ2) is 6.02. The number of carboxylic acids is 1. The van der Waals surface area contributed by atoms with Gasteiger partial charge < -0.3 is 15.7 Å². The van der Waals surface area contributed by atoms with Gasteiger partial charge in [-0.05, 0) is 49.9 Å². The molecule has 122 valence electrons. The highest BCUT2D eigenvalue weighted by atomic mass is 16.4. The van der Waals surface area contributed by atoms with E-state index in [1.165, 1.54) is 0 Å². The zero-order valence-corrected chi connectivity index (χ0v) is 12.8. The van der Waals surface area contributed by atoms with E-state index in [2.05, 4.69) is 10.6 Å². The fraction of sp³-hybridized carbons (Fsp3) is 0.471. The zero-order valence-electron chi connectivity index (χ0n) is 12.8. The van der Waals surface area contributed by atoms with Crippen LogP contribution in [0.5, 0.6) is 0 Å². The number of carbonyl (C=O) groups is 3. The summed E-state index contributed by atoms with van der Waals surface area (Å²) in [6.07, 6.45) is 5.10. The van der Waals surface area contributed by atoms with E-state index in [-0.39, 0.29) is 11.9 Å². The molecule has 2 fully saturated rings. The third-order valence-corrected chi connectivity index (χ3v) is 4.69. The van der Waals surface area contributed by atoms with E-state index in [9.17, 15) is 14.4 Å². The van der Waals surface area contributed by atoms with Gasteiger partial charge in [0.1, 0.15) is 5.41 Å². The lowest BCUT2D eigenvalue weighted by atomic mass is 10.1. The summed E-state index contributed by atoms with van der Waals surface area (Å²) in [7, 11) is 0. The smallest absolute Gasteiger partial charge is 0.319 e. The molecule has 23 heavy (non-hydrogen) atoms. The molecule has 0 atom stereocenters. The van der Waals surface area contributed by atoms with Gasteiger partial charge in [-0.2, -0.15) is 0 Å². The Morgan fingerprint density at radius 3 is 2.17 bits per heavy atom. The van der Waals surface area contributed by atoms with Crippen LogP contribution in [0.1, 0.15) is 48.9 Å². The maximum absolute atomic E-state index is 12.1. The summed E-state index contributed by atoms with van der Waals surface area (Å²) in [6.45, 7) is 0. The molecule has 6 nitrogen and oxygen atoms in total. The largest absolute Gasteiger partial charge is 0.480 e. The molecule has 0 saturated heterocycles. The molecule has 0 spiro atoms. The topological polar surface area (TPSA) is 95.5 Å². The maximum Gasteiger partial charge on any atom is 0.319 e. The molecule has 0 bridgehead atoms. The van der Waals surface area contributed by atoms with Gasteiger partial charge in [-0.25, -0.2) is 0 Å². The second-order valence-electron chi connectivity index (χ2n) is 6.37. The fourth-order valence-corrected chi connectivity index (χ4v) is 2.96. The first-order valence-electron chi connectivity index (χ1n) is 7.97. The summed E-state index contributed by atoms with van der Waals surface area (Å²) in [4.78, 5) is 35.2. The Labute approximate surface area is 134 Å². The predicted octanol–water partition coefficient (Wildman–Crippen LogP) is 2.16. The molecule has 1 aromatic rings. The Kier molecular flexibility index (Phi) is 4.07. The van der Waals surface area contributed by atoms with Crippen molar-refractivity contribution in [2.75, 3.05) is 5.32 Å². The number of anilines is 1. The predicted molar refractivity (Wildman–Crippen MR) is 84.1 cm³/mol. The third kappa shape index (κ3) is 3.21. The average molecular weight is 316 g/mol. The molecule has 6 heteroatoms. The fourth-order valence-electron chi connectivity index (χ4n) is 2.96. The molecular weight excluding hydrogens is 296 g/mol. The van der Waals surface area contributed by atoms with Gasteiger partial charge in [0.2, 0.25) is 5.91 Å². The van der Waals surface area contributed by atoms with Crippen LogP contribution < -0.4 is 10.6 Å². The number of carbonyl (C=O) groups excluding carboxylic acids is 2. The summed E-state index contributed by atoms with van der Waals surface area (Å²) in [5.41, 5.74) is -0.229. The Balaban J connectivity index is 1.59. The lowest BCUT2D eigenvalue weighted by Gasteiger charge is -2.13. The van der Waals surface area contributed by atoms with Crippen LogP contribution in [-0.2, 0) is 9.59 Å². The van der Waals surface area contributed by atoms with E-state index in [4.69, 9.17) is 5.11 Å². The van der Waals surface area contributed by atoms with Crippen LogP contribution in [0.2, 0.25) is 0 Å². The van der Waals surface area contributed by atoms with E-state index in [0.717, 1.165) is 25.7 Å². The Morgan fingerprint density at radius 1 is 1.04 bits per heavy atom. The first-order chi connectivity index (χ1) is 11.0. The summed E-state index contributed by atoms with van der Waals surface area (Å²) in [5, 5.41) is 14.7. The van der Waals surface area contributed by atoms with Crippen molar-refractivity contribution in [1.82, 2.24) is 5.32 Å². The van der Waals surface area contributed by atoms with E-state index >= 15 is 0 Å². The number of carboxylic acid groups (broad SMARTS) is 1. The van der Waals surface area contributed by atoms with Gasteiger partial charge in [0.15, 0.2) is 0 Å². The van der Waals surface area contributed by atoms with Crippen molar-refractivity contribution >= 4 is 23.5 Å². The van der Waals surface area contributed by atoms with E-state index < -0.39 is 17.3 Å². The highest BCUT2D eigenvalue weighted by Crippen LogP contribution is 2.46. The van der Waals surface area contributed by atoms with Crippen LogP contribution >= 0.6 is 0 Å². The van der Waals surface area contributed by atoms with Gasteiger partial charge in [-0.1, -0.05) is 12.8 Å². The van der Waals surface area contributed by atoms with E-state index in [0.29, 0.717) is 24.1 Å². The Bertz CT molecular complexity index is 628. The summed E-state index contributed by atoms with van der Waals surface area (Å²) < 4.78 is 0. The number of amides is 2. The summed E-state index contributed by atoms with van der Waals surface area (Å²) >= 11 is 0. The number of hydrogen-bond donors (Lipinski definition) is 3. The van der Waals surface area contributed by atoms with Crippen LogP contribution in [0.4, 0.5) is 5.69 Å². The molecule has 0 unspecified atom stereocenters. The van der Waals surface area contributed by atoms with Gasteiger partial charge in [-0.3, -0.25) is 14.4 Å². The van der Waals surface area contributed by atoms with Gasteiger partial charge in [-0.15, -0.1) is 0 Å². The van der Waals surface area contributed by atoms with Gasteiger partial charge in [0.05, 0.1) is 0 Å². The minimum atomic E-state index is -1.27. The molecule has 0 heterocycles. The molecule has 3 N–H and O–H groups in total. The monoisotopic (exact) mass is 316 g/mol. The van der Waals surface area contributed by atoms with Crippen molar-refractivity contribution in [2.45, 2.75) is 44.6 Å². The number of benzene rings is 1. The van der Waals surface area contributed by atoms with Crippen LogP contribution in [0.25, 0.3) is 0 Å². The Morgan fingerprint density at radius 2 is 1.65 bits per heavy atom. The highest BCUT2D eigenvalue weighted by Gasteiger charge is 2.57. The van der Waals surface area contributed by atoms with Gasteiger partial charge >= 0.3 is 5.97 Å². The van der Waals surface area contributed by atoms with Crippen LogP contribution in [0.3, 0.4) is 0 Å². The van der Waals surface area contributed by atoms with Gasteiger partial charge in [0.25, 0.3) is 5.91 Å². The minimum Gasteiger partial charge on any atom is -0.480 e. The Hall–Kier alpha value is -2.37. The maximum atomic E-state index is 12.1. The van der Waals surface area contributed by atoms with Crippen LogP contribution in [0.15, 0.2) is 24.3 Å². The standard InChI is InChI=1S/C17H20N2O4/c20-14(18-12-3-1-2-4-12)11-5-7-13(8-6-11)19-15(21)17(9-10-17)16(22)23/h5-8,12H,1-4,9-10H2,(H,18,20)(H,19,21)(H,22,23). The molecular formula is C17H20N2O4.